The van der Waals surface area contributed by atoms with Gasteiger partial charge in [-0.05, 0) is 43.8 Å². The number of ether oxygens (including phenoxy) is 2. The Balaban J connectivity index is 1.61. The van der Waals surface area contributed by atoms with Crippen molar-refractivity contribution in [2.45, 2.75) is 38.6 Å². The molecule has 2 N–H and O–H groups in total. The van der Waals surface area contributed by atoms with Crippen LogP contribution in [0, 0.1) is 11.8 Å². The molecule has 2 heterocycles. The first-order chi connectivity index (χ1) is 11.7. The number of carbonyl (C=O) groups is 1. The molecule has 1 saturated heterocycles. The molecule has 0 bridgehead atoms. The van der Waals surface area contributed by atoms with Crippen molar-refractivity contribution < 1.29 is 14.3 Å². The number of methoxy groups -OCH3 is 1. The van der Waals surface area contributed by atoms with Crippen LogP contribution in [0.5, 0.6) is 11.5 Å². The predicted molar refractivity (Wildman–Crippen MR) is 93.4 cm³/mol. The summed E-state index contributed by atoms with van der Waals surface area (Å²) in [7, 11) is 1.64. The lowest BCUT2D eigenvalue weighted by Gasteiger charge is -2.30. The third kappa shape index (κ3) is 3.83. The van der Waals surface area contributed by atoms with Gasteiger partial charge in [-0.15, -0.1) is 0 Å². The average Bonchev–Trinajstić information content (AvgIpc) is 2.62. The molecule has 3 rings (SSSR count). The van der Waals surface area contributed by atoms with Crippen LogP contribution >= 0.6 is 0 Å². The standard InChI is InChI=1S/C19H28N2O3/c1-13(14-6-9-20-10-7-14)12-18(22)21-16-8-11-24-19-15(16)4-3-5-17(19)23-2/h3-5,13-14,16,20H,6-12H2,1-2H3,(H,21,22). The number of para-hydroxylation sites is 1. The van der Waals surface area contributed by atoms with Crippen LogP contribution in [0.15, 0.2) is 18.2 Å². The second-order valence-corrected chi connectivity index (χ2v) is 6.90. The quantitative estimate of drug-likeness (QED) is 0.870. The van der Waals surface area contributed by atoms with Gasteiger partial charge in [0.05, 0.1) is 19.8 Å². The first kappa shape index (κ1) is 17.1. The van der Waals surface area contributed by atoms with E-state index in [-0.39, 0.29) is 11.9 Å². The largest absolute Gasteiger partial charge is 0.493 e. The third-order valence-electron chi connectivity index (χ3n) is 5.29. The van der Waals surface area contributed by atoms with E-state index in [1.807, 2.05) is 18.2 Å². The highest BCUT2D eigenvalue weighted by molar-refractivity contribution is 5.77. The van der Waals surface area contributed by atoms with Crippen LogP contribution in [0.3, 0.4) is 0 Å². The Bertz CT molecular complexity index is 570. The highest BCUT2D eigenvalue weighted by Gasteiger charge is 2.27. The van der Waals surface area contributed by atoms with E-state index in [4.69, 9.17) is 9.47 Å². The molecule has 1 aromatic rings. The van der Waals surface area contributed by atoms with Gasteiger partial charge in [0.25, 0.3) is 0 Å². The molecule has 5 nitrogen and oxygen atoms in total. The number of rotatable bonds is 5. The molecule has 2 aliphatic rings. The zero-order chi connectivity index (χ0) is 16.9. The van der Waals surface area contributed by atoms with Gasteiger partial charge in [0.1, 0.15) is 0 Å². The van der Waals surface area contributed by atoms with E-state index in [9.17, 15) is 4.79 Å². The molecule has 0 aliphatic carbocycles. The second kappa shape index (κ2) is 7.88. The summed E-state index contributed by atoms with van der Waals surface area (Å²) in [5.74, 6) is 2.72. The van der Waals surface area contributed by atoms with Crippen molar-refractivity contribution >= 4 is 5.91 Å². The lowest BCUT2D eigenvalue weighted by atomic mass is 9.84. The summed E-state index contributed by atoms with van der Waals surface area (Å²) >= 11 is 0. The van der Waals surface area contributed by atoms with Gasteiger partial charge in [-0.25, -0.2) is 0 Å². The maximum Gasteiger partial charge on any atom is 0.220 e. The van der Waals surface area contributed by atoms with Crippen molar-refractivity contribution in [2.75, 3.05) is 26.8 Å². The summed E-state index contributed by atoms with van der Waals surface area (Å²) in [6, 6.07) is 5.86. The first-order valence-corrected chi connectivity index (χ1v) is 8.99. The monoisotopic (exact) mass is 332 g/mol. The molecule has 132 valence electrons. The fraction of sp³-hybridized carbons (Fsp3) is 0.632. The Labute approximate surface area is 144 Å². The molecule has 2 unspecified atom stereocenters. The molecule has 5 heteroatoms. The number of piperidine rings is 1. The van der Waals surface area contributed by atoms with Crippen LogP contribution in [0.25, 0.3) is 0 Å². The predicted octanol–water partition coefficient (Wildman–Crippen LogP) is 2.66. The first-order valence-electron chi connectivity index (χ1n) is 8.99. The van der Waals surface area contributed by atoms with E-state index >= 15 is 0 Å². The SMILES string of the molecule is COc1cccc2c1OCCC2NC(=O)CC(C)C1CCNCC1. The van der Waals surface area contributed by atoms with Gasteiger partial charge in [0.2, 0.25) is 5.91 Å². The van der Waals surface area contributed by atoms with Crippen LogP contribution in [0.1, 0.15) is 44.2 Å². The minimum atomic E-state index is 0.0107. The third-order valence-corrected chi connectivity index (χ3v) is 5.29. The summed E-state index contributed by atoms with van der Waals surface area (Å²) in [6.07, 6.45) is 3.74. The van der Waals surface area contributed by atoms with Crippen molar-refractivity contribution in [1.29, 1.82) is 0 Å². The molecular formula is C19H28N2O3. The lowest BCUT2D eigenvalue weighted by Crippen LogP contribution is -2.36. The summed E-state index contributed by atoms with van der Waals surface area (Å²) < 4.78 is 11.1. The van der Waals surface area contributed by atoms with Crippen LogP contribution in [-0.2, 0) is 4.79 Å². The number of benzene rings is 1. The summed E-state index contributed by atoms with van der Waals surface area (Å²) in [6.45, 7) is 4.95. The fourth-order valence-electron chi connectivity index (χ4n) is 3.83. The zero-order valence-electron chi connectivity index (χ0n) is 14.6. The van der Waals surface area contributed by atoms with Crippen LogP contribution < -0.4 is 20.1 Å². The van der Waals surface area contributed by atoms with Crippen molar-refractivity contribution in [1.82, 2.24) is 10.6 Å². The van der Waals surface area contributed by atoms with Gasteiger partial charge in [0, 0.05) is 18.4 Å². The minimum absolute atomic E-state index is 0.0107. The Kier molecular flexibility index (Phi) is 5.61. The Hall–Kier alpha value is -1.75. The van der Waals surface area contributed by atoms with Crippen LogP contribution in [-0.4, -0.2) is 32.7 Å². The minimum Gasteiger partial charge on any atom is -0.493 e. The summed E-state index contributed by atoms with van der Waals surface area (Å²) in [5, 5.41) is 6.59. The molecule has 1 aromatic carbocycles. The molecule has 2 aliphatic heterocycles. The highest BCUT2D eigenvalue weighted by Crippen LogP contribution is 2.39. The molecule has 0 radical (unpaired) electrons. The molecule has 24 heavy (non-hydrogen) atoms. The zero-order valence-corrected chi connectivity index (χ0v) is 14.6. The molecule has 0 spiro atoms. The van der Waals surface area contributed by atoms with Gasteiger partial charge in [-0.1, -0.05) is 19.1 Å². The smallest absolute Gasteiger partial charge is 0.220 e. The van der Waals surface area contributed by atoms with Crippen molar-refractivity contribution in [3.63, 3.8) is 0 Å². The topological polar surface area (TPSA) is 59.6 Å². The molecule has 0 saturated carbocycles. The van der Waals surface area contributed by atoms with E-state index in [1.54, 1.807) is 7.11 Å². The molecule has 1 fully saturated rings. The van der Waals surface area contributed by atoms with Gasteiger partial charge >= 0.3 is 0 Å². The Morgan fingerprint density at radius 3 is 2.92 bits per heavy atom. The number of hydrogen-bond acceptors (Lipinski definition) is 4. The van der Waals surface area contributed by atoms with Crippen molar-refractivity contribution in [2.24, 2.45) is 11.8 Å². The Morgan fingerprint density at radius 2 is 2.17 bits per heavy atom. The molecule has 0 aromatic heterocycles. The van der Waals surface area contributed by atoms with Crippen molar-refractivity contribution in [3.05, 3.63) is 23.8 Å². The number of carbonyl (C=O) groups excluding carboxylic acids is 1. The second-order valence-electron chi connectivity index (χ2n) is 6.90. The number of amides is 1. The maximum atomic E-state index is 12.5. The van der Waals surface area contributed by atoms with E-state index < -0.39 is 0 Å². The van der Waals surface area contributed by atoms with Crippen molar-refractivity contribution in [3.8, 4) is 11.5 Å². The van der Waals surface area contributed by atoms with Gasteiger partial charge in [-0.3, -0.25) is 4.79 Å². The van der Waals surface area contributed by atoms with E-state index in [2.05, 4.69) is 17.6 Å². The van der Waals surface area contributed by atoms with Gasteiger partial charge in [0.15, 0.2) is 11.5 Å². The Morgan fingerprint density at radius 1 is 1.38 bits per heavy atom. The van der Waals surface area contributed by atoms with Crippen LogP contribution in [0.2, 0.25) is 0 Å². The lowest BCUT2D eigenvalue weighted by molar-refractivity contribution is -0.123. The number of hydrogen-bond donors (Lipinski definition) is 2. The van der Waals surface area contributed by atoms with Gasteiger partial charge in [-0.2, -0.15) is 0 Å². The number of nitrogens with one attached hydrogen (secondary N) is 2. The summed E-state index contributed by atoms with van der Waals surface area (Å²) in [4.78, 5) is 12.5. The molecule has 2 atom stereocenters. The molecular weight excluding hydrogens is 304 g/mol. The fourth-order valence-corrected chi connectivity index (χ4v) is 3.83. The highest BCUT2D eigenvalue weighted by atomic mass is 16.5. The van der Waals surface area contributed by atoms with Gasteiger partial charge < -0.3 is 20.1 Å². The van der Waals surface area contributed by atoms with E-state index in [0.717, 1.165) is 36.6 Å². The maximum absolute atomic E-state index is 12.5. The summed E-state index contributed by atoms with van der Waals surface area (Å²) in [5.41, 5.74) is 1.02. The average molecular weight is 332 g/mol. The normalized spacial score (nSPS) is 22.2. The van der Waals surface area contributed by atoms with E-state index in [0.29, 0.717) is 24.9 Å². The van der Waals surface area contributed by atoms with E-state index in [1.165, 1.54) is 12.8 Å². The molecule has 1 amide bonds. The number of fused-ring (bicyclic) bond motifs is 1. The van der Waals surface area contributed by atoms with Crippen LogP contribution in [0.4, 0.5) is 0 Å².